The molecule has 0 aliphatic rings. The van der Waals surface area contributed by atoms with E-state index in [0.717, 1.165) is 17.4 Å². The molecule has 12 heteroatoms. The van der Waals surface area contributed by atoms with Crippen LogP contribution in [0, 0.1) is 0 Å². The molecule has 1 aromatic heterocycles. The van der Waals surface area contributed by atoms with Crippen LogP contribution in [0.2, 0.25) is 5.02 Å². The first-order valence-electron chi connectivity index (χ1n) is 5.76. The zero-order valence-electron chi connectivity index (χ0n) is 10.9. The lowest BCUT2D eigenvalue weighted by atomic mass is 10.1. The minimum atomic E-state index is -4.78. The maximum absolute atomic E-state index is 11.6. The fourth-order valence-corrected chi connectivity index (χ4v) is 4.58. The molecule has 0 aliphatic heterocycles. The predicted molar refractivity (Wildman–Crippen MR) is 86.2 cm³/mol. The summed E-state index contributed by atoms with van der Waals surface area (Å²) in [4.78, 5) is 2.60. The molecule has 0 radical (unpaired) electrons. The number of nitrogen functional groups attached to an aromatic ring is 1. The van der Waals surface area contributed by atoms with Crippen molar-refractivity contribution in [2.45, 2.75) is 9.79 Å². The van der Waals surface area contributed by atoms with Crippen LogP contribution in [0.3, 0.4) is 0 Å². The molecule has 1 heterocycles. The van der Waals surface area contributed by atoms with Crippen LogP contribution >= 0.6 is 22.9 Å². The van der Waals surface area contributed by atoms with Crippen molar-refractivity contribution in [1.82, 2.24) is 4.98 Å². The Morgan fingerprint density at radius 1 is 1.04 bits per heavy atom. The van der Waals surface area contributed by atoms with E-state index in [9.17, 15) is 25.9 Å². The van der Waals surface area contributed by atoms with Crippen molar-refractivity contribution in [2.75, 3.05) is 5.73 Å². The number of nitrogens with zero attached hydrogens (tertiary/aromatic N) is 1. The van der Waals surface area contributed by atoms with Gasteiger partial charge in [-0.1, -0.05) is 22.9 Å². The highest BCUT2D eigenvalue weighted by molar-refractivity contribution is 7.86. The summed E-state index contributed by atoms with van der Waals surface area (Å²) in [7, 11) is -9.49. The van der Waals surface area contributed by atoms with E-state index in [4.69, 9.17) is 17.3 Å². The molecule has 23 heavy (non-hydrogen) atoms. The van der Waals surface area contributed by atoms with Gasteiger partial charge >= 0.3 is 0 Å². The molecule has 0 amide bonds. The molecular weight excluding hydrogens is 388 g/mol. The summed E-state index contributed by atoms with van der Waals surface area (Å²) in [5.74, 6) is 0. The van der Waals surface area contributed by atoms with E-state index in [2.05, 4.69) is 4.98 Å². The third kappa shape index (κ3) is 2.75. The van der Waals surface area contributed by atoms with Crippen molar-refractivity contribution >= 4 is 69.3 Å². The van der Waals surface area contributed by atoms with Gasteiger partial charge in [0.1, 0.15) is 4.90 Å². The van der Waals surface area contributed by atoms with Crippen molar-refractivity contribution in [1.29, 1.82) is 0 Å². The van der Waals surface area contributed by atoms with Gasteiger partial charge < -0.3 is 5.73 Å². The smallest absolute Gasteiger partial charge is 0.295 e. The van der Waals surface area contributed by atoms with Crippen LogP contribution in [0.15, 0.2) is 28.0 Å². The Kier molecular flexibility index (Phi) is 3.55. The SMILES string of the molecule is Nc1nc2c(s1)c(Cl)cc1c(S(=O)(=O)O)cc(S(=O)(=O)O)cc12. The quantitative estimate of drug-likeness (QED) is 0.560. The van der Waals surface area contributed by atoms with Gasteiger partial charge in [0.25, 0.3) is 20.2 Å². The number of hydrogen-bond acceptors (Lipinski definition) is 7. The van der Waals surface area contributed by atoms with Crippen LogP contribution < -0.4 is 5.73 Å². The Balaban J connectivity index is 2.66. The summed E-state index contributed by atoms with van der Waals surface area (Å²) in [6.45, 7) is 0. The van der Waals surface area contributed by atoms with Gasteiger partial charge in [-0.15, -0.1) is 0 Å². The fourth-order valence-electron chi connectivity index (χ4n) is 2.18. The Bertz CT molecular complexity index is 1180. The van der Waals surface area contributed by atoms with Crippen molar-refractivity contribution in [3.8, 4) is 0 Å². The number of hydrogen-bond donors (Lipinski definition) is 3. The van der Waals surface area contributed by atoms with Crippen LogP contribution in [-0.4, -0.2) is 30.9 Å². The van der Waals surface area contributed by atoms with E-state index in [0.29, 0.717) is 10.8 Å². The second kappa shape index (κ2) is 5.00. The average molecular weight is 395 g/mol. The predicted octanol–water partition coefficient (Wildman–Crippen LogP) is 2.18. The minimum Gasteiger partial charge on any atom is -0.375 e. The molecule has 4 N–H and O–H groups in total. The highest BCUT2D eigenvalue weighted by Gasteiger charge is 2.23. The lowest BCUT2D eigenvalue weighted by Gasteiger charge is -2.08. The number of rotatable bonds is 2. The van der Waals surface area contributed by atoms with E-state index < -0.39 is 30.0 Å². The third-order valence-corrected chi connectivity index (χ3v) is 6.13. The number of benzene rings is 2. The van der Waals surface area contributed by atoms with Crippen LogP contribution in [0.5, 0.6) is 0 Å². The van der Waals surface area contributed by atoms with Gasteiger partial charge in [-0.05, 0) is 18.2 Å². The Morgan fingerprint density at radius 2 is 1.70 bits per heavy atom. The summed E-state index contributed by atoms with van der Waals surface area (Å²) in [5, 5.41) is 0.314. The van der Waals surface area contributed by atoms with Gasteiger partial charge in [0.05, 0.1) is 20.1 Å². The molecule has 0 spiro atoms. The zero-order chi connectivity index (χ0) is 17.2. The molecule has 8 nitrogen and oxygen atoms in total. The van der Waals surface area contributed by atoms with Crippen molar-refractivity contribution < 1.29 is 25.9 Å². The molecule has 3 rings (SSSR count). The van der Waals surface area contributed by atoms with E-state index in [-0.39, 0.29) is 26.4 Å². The molecule has 122 valence electrons. The molecule has 0 fully saturated rings. The first-order valence-corrected chi connectivity index (χ1v) is 9.83. The monoisotopic (exact) mass is 394 g/mol. The molecule has 0 aliphatic carbocycles. The zero-order valence-corrected chi connectivity index (χ0v) is 14.1. The fraction of sp³-hybridized carbons (Fsp3) is 0. The molecule has 0 saturated carbocycles. The number of aromatic nitrogens is 1. The van der Waals surface area contributed by atoms with E-state index >= 15 is 0 Å². The van der Waals surface area contributed by atoms with E-state index in [1.165, 1.54) is 6.07 Å². The number of nitrogens with two attached hydrogens (primary N) is 1. The minimum absolute atomic E-state index is 0.0392. The maximum Gasteiger partial charge on any atom is 0.295 e. The van der Waals surface area contributed by atoms with Crippen LogP contribution in [0.25, 0.3) is 21.0 Å². The topological polar surface area (TPSA) is 148 Å². The van der Waals surface area contributed by atoms with Gasteiger partial charge in [-0.3, -0.25) is 9.11 Å². The van der Waals surface area contributed by atoms with E-state index in [1.54, 1.807) is 0 Å². The molecule has 0 atom stereocenters. The van der Waals surface area contributed by atoms with Gasteiger partial charge in [0.2, 0.25) is 0 Å². The highest BCUT2D eigenvalue weighted by atomic mass is 35.5. The Morgan fingerprint density at radius 3 is 2.26 bits per heavy atom. The third-order valence-electron chi connectivity index (χ3n) is 3.08. The lowest BCUT2D eigenvalue weighted by Crippen LogP contribution is -2.04. The first kappa shape index (κ1) is 16.4. The summed E-state index contributed by atoms with van der Waals surface area (Å²) < 4.78 is 64.9. The molecular formula is C11H7ClN2O6S3. The van der Waals surface area contributed by atoms with Crippen molar-refractivity contribution in [3.05, 3.63) is 23.2 Å². The summed E-state index contributed by atoms with van der Waals surface area (Å²) in [6, 6.07) is 2.94. The standard InChI is InChI=1S/C11H7ClN2O6S3/c12-7-3-5-6(9-10(7)21-11(13)14-9)1-4(22(15,16)17)2-8(5)23(18,19)20/h1-3H,(H2,13,14)(H,15,16,17)(H,18,19,20). The van der Waals surface area contributed by atoms with Crippen LogP contribution in [0.4, 0.5) is 5.13 Å². The van der Waals surface area contributed by atoms with Gasteiger partial charge in [0, 0.05) is 10.8 Å². The van der Waals surface area contributed by atoms with Gasteiger partial charge in [-0.25, -0.2) is 4.98 Å². The molecule has 2 aromatic carbocycles. The second-order valence-electron chi connectivity index (χ2n) is 4.55. The van der Waals surface area contributed by atoms with E-state index in [1.807, 2.05) is 0 Å². The number of halogens is 1. The lowest BCUT2D eigenvalue weighted by molar-refractivity contribution is 0.482. The summed E-state index contributed by atoms with van der Waals surface area (Å²) >= 11 is 7.10. The molecule has 0 bridgehead atoms. The van der Waals surface area contributed by atoms with Gasteiger partial charge in [0.15, 0.2) is 5.13 Å². The molecule has 0 saturated heterocycles. The van der Waals surface area contributed by atoms with Crippen LogP contribution in [0.1, 0.15) is 0 Å². The molecule has 0 unspecified atom stereocenters. The van der Waals surface area contributed by atoms with Crippen LogP contribution in [-0.2, 0) is 20.2 Å². The summed E-state index contributed by atoms with van der Waals surface area (Å²) in [6.07, 6.45) is 0. The second-order valence-corrected chi connectivity index (χ2v) is 8.80. The van der Waals surface area contributed by atoms with Crippen molar-refractivity contribution in [3.63, 3.8) is 0 Å². The highest BCUT2D eigenvalue weighted by Crippen LogP contribution is 2.39. The largest absolute Gasteiger partial charge is 0.375 e. The number of fused-ring (bicyclic) bond motifs is 3. The average Bonchev–Trinajstić information content (AvgIpc) is 2.78. The number of thiazole rings is 1. The maximum atomic E-state index is 11.6. The number of anilines is 1. The molecule has 3 aromatic rings. The normalized spacial score (nSPS) is 13.0. The van der Waals surface area contributed by atoms with Gasteiger partial charge in [-0.2, -0.15) is 16.8 Å². The Labute approximate surface area is 139 Å². The van der Waals surface area contributed by atoms with Crippen molar-refractivity contribution in [2.24, 2.45) is 0 Å². The Hall–Kier alpha value is -1.50. The summed E-state index contributed by atoms with van der Waals surface area (Å²) in [5.41, 5.74) is 5.78. The first-order chi connectivity index (χ1) is 10.5.